The summed E-state index contributed by atoms with van der Waals surface area (Å²) >= 11 is 0. The molecule has 0 amide bonds. The first-order valence-electron chi connectivity index (χ1n) is 11.0. The van der Waals surface area contributed by atoms with E-state index in [1.54, 1.807) is 0 Å². The van der Waals surface area contributed by atoms with Crippen LogP contribution in [0.2, 0.25) is 0 Å². The van der Waals surface area contributed by atoms with Crippen LogP contribution in [0.5, 0.6) is 0 Å². The van der Waals surface area contributed by atoms with Crippen molar-refractivity contribution < 1.29 is 0 Å². The van der Waals surface area contributed by atoms with Crippen molar-refractivity contribution in [3.63, 3.8) is 0 Å². The van der Waals surface area contributed by atoms with Gasteiger partial charge in [0.2, 0.25) is 0 Å². The maximum atomic E-state index is 4.42. The molecule has 6 nitrogen and oxygen atoms in total. The highest BCUT2D eigenvalue weighted by molar-refractivity contribution is 5.59. The van der Waals surface area contributed by atoms with Crippen molar-refractivity contribution in [2.45, 2.75) is 53.4 Å². The normalized spacial score (nSPS) is 21.5. The Bertz CT molecular complexity index is 805. The Morgan fingerprint density at radius 3 is 2.52 bits per heavy atom. The lowest BCUT2D eigenvalue weighted by Gasteiger charge is -2.34. The standard InChI is InChI=1S/C23H36N6/c1-17-15-25-28(5)21(17)19-6-7-20(27-26-19)24-16-18-14-23(18)9-12-29(13-10-23)11-8-22(2,3)4/h6-7,15,18H,8-14,16H2,1-5H3,(H,24,27). The molecule has 1 aliphatic carbocycles. The summed E-state index contributed by atoms with van der Waals surface area (Å²) in [4.78, 5) is 2.67. The summed E-state index contributed by atoms with van der Waals surface area (Å²) < 4.78 is 1.86. The Labute approximate surface area is 175 Å². The van der Waals surface area contributed by atoms with Gasteiger partial charge in [-0.25, -0.2) is 0 Å². The lowest BCUT2D eigenvalue weighted by Crippen LogP contribution is -2.37. The second-order valence-corrected chi connectivity index (χ2v) is 10.4. The van der Waals surface area contributed by atoms with E-state index in [4.69, 9.17) is 0 Å². The van der Waals surface area contributed by atoms with Gasteiger partial charge >= 0.3 is 0 Å². The molecule has 2 fully saturated rings. The molecule has 0 radical (unpaired) electrons. The van der Waals surface area contributed by atoms with Crippen molar-refractivity contribution in [3.8, 4) is 11.4 Å². The number of nitrogens with zero attached hydrogens (tertiary/aromatic N) is 5. The van der Waals surface area contributed by atoms with Crippen LogP contribution in [0.1, 0.15) is 52.0 Å². The first kappa shape index (κ1) is 20.3. The van der Waals surface area contributed by atoms with Gasteiger partial charge in [0.15, 0.2) is 0 Å². The van der Waals surface area contributed by atoms with Gasteiger partial charge in [0.1, 0.15) is 11.5 Å². The van der Waals surface area contributed by atoms with Gasteiger partial charge < -0.3 is 10.2 Å². The lowest BCUT2D eigenvalue weighted by atomic mass is 9.88. The fourth-order valence-electron chi connectivity index (χ4n) is 4.74. The molecule has 29 heavy (non-hydrogen) atoms. The van der Waals surface area contributed by atoms with Gasteiger partial charge in [-0.15, -0.1) is 10.2 Å². The second-order valence-electron chi connectivity index (χ2n) is 10.4. The smallest absolute Gasteiger partial charge is 0.148 e. The van der Waals surface area contributed by atoms with Gasteiger partial charge in [-0.2, -0.15) is 5.10 Å². The Balaban J connectivity index is 1.24. The number of anilines is 1. The van der Waals surface area contributed by atoms with Crippen LogP contribution in [-0.4, -0.2) is 51.1 Å². The zero-order valence-corrected chi connectivity index (χ0v) is 18.7. The topological polar surface area (TPSA) is 58.9 Å². The molecule has 3 heterocycles. The van der Waals surface area contributed by atoms with E-state index < -0.39 is 0 Å². The summed E-state index contributed by atoms with van der Waals surface area (Å²) in [5.41, 5.74) is 4.05. The maximum absolute atomic E-state index is 4.42. The SMILES string of the molecule is Cc1cnn(C)c1-c1ccc(NCC2CC23CCN(CCC(C)(C)C)CC3)nn1. The molecule has 1 aliphatic heterocycles. The van der Waals surface area contributed by atoms with E-state index in [0.29, 0.717) is 10.8 Å². The first-order valence-corrected chi connectivity index (χ1v) is 11.0. The molecule has 4 rings (SSSR count). The van der Waals surface area contributed by atoms with E-state index in [1.165, 1.54) is 45.3 Å². The molecule has 2 aromatic rings. The van der Waals surface area contributed by atoms with E-state index in [0.717, 1.165) is 35.2 Å². The molecular weight excluding hydrogens is 360 g/mol. The summed E-state index contributed by atoms with van der Waals surface area (Å²) in [5, 5.41) is 16.6. The molecule has 1 spiro atoms. The highest BCUT2D eigenvalue weighted by Gasteiger charge is 2.54. The van der Waals surface area contributed by atoms with Crippen LogP contribution in [0, 0.1) is 23.7 Å². The monoisotopic (exact) mass is 396 g/mol. The minimum absolute atomic E-state index is 0.438. The summed E-state index contributed by atoms with van der Waals surface area (Å²) in [6, 6.07) is 4.08. The van der Waals surface area contributed by atoms with E-state index in [1.807, 2.05) is 30.1 Å². The van der Waals surface area contributed by atoms with Gasteiger partial charge in [0.25, 0.3) is 0 Å². The van der Waals surface area contributed by atoms with Crippen LogP contribution in [0.15, 0.2) is 18.3 Å². The number of likely N-dealkylation sites (tertiary alicyclic amines) is 1. The van der Waals surface area contributed by atoms with Crippen molar-refractivity contribution in [1.82, 2.24) is 24.9 Å². The Morgan fingerprint density at radius 1 is 1.17 bits per heavy atom. The number of rotatable bonds is 6. The maximum Gasteiger partial charge on any atom is 0.148 e. The molecule has 6 heteroatoms. The van der Waals surface area contributed by atoms with E-state index in [9.17, 15) is 0 Å². The fourth-order valence-corrected chi connectivity index (χ4v) is 4.74. The zero-order chi connectivity index (χ0) is 20.6. The van der Waals surface area contributed by atoms with Gasteiger partial charge in [-0.1, -0.05) is 20.8 Å². The number of hydrogen-bond donors (Lipinski definition) is 1. The van der Waals surface area contributed by atoms with E-state index in [2.05, 4.69) is 53.2 Å². The first-order chi connectivity index (χ1) is 13.8. The average Bonchev–Trinajstić information content (AvgIpc) is 3.24. The van der Waals surface area contributed by atoms with Gasteiger partial charge in [0, 0.05) is 13.6 Å². The number of aromatic nitrogens is 4. The minimum atomic E-state index is 0.438. The van der Waals surface area contributed by atoms with E-state index in [-0.39, 0.29) is 0 Å². The Hall–Kier alpha value is -1.95. The van der Waals surface area contributed by atoms with Crippen LogP contribution < -0.4 is 5.32 Å². The number of nitrogens with one attached hydrogen (secondary N) is 1. The zero-order valence-electron chi connectivity index (χ0n) is 18.7. The van der Waals surface area contributed by atoms with Crippen molar-refractivity contribution in [2.24, 2.45) is 23.8 Å². The largest absolute Gasteiger partial charge is 0.368 e. The van der Waals surface area contributed by atoms with Crippen LogP contribution >= 0.6 is 0 Å². The Morgan fingerprint density at radius 2 is 1.93 bits per heavy atom. The third kappa shape index (κ3) is 4.63. The molecule has 1 unspecified atom stereocenters. The summed E-state index contributed by atoms with van der Waals surface area (Å²) in [6.45, 7) is 13.9. The number of hydrogen-bond acceptors (Lipinski definition) is 5. The quantitative estimate of drug-likeness (QED) is 0.795. The average molecular weight is 397 g/mol. The van der Waals surface area contributed by atoms with Crippen molar-refractivity contribution in [3.05, 3.63) is 23.9 Å². The summed E-state index contributed by atoms with van der Waals surface area (Å²) in [7, 11) is 1.94. The fraction of sp³-hybridized carbons (Fsp3) is 0.696. The Kier molecular flexibility index (Phi) is 5.40. The second kappa shape index (κ2) is 7.71. The van der Waals surface area contributed by atoms with E-state index >= 15 is 0 Å². The third-order valence-electron chi connectivity index (χ3n) is 6.95. The van der Waals surface area contributed by atoms with Crippen LogP contribution in [0.3, 0.4) is 0 Å². The molecule has 1 saturated heterocycles. The summed E-state index contributed by atoms with van der Waals surface area (Å²) in [6.07, 6.45) is 7.23. The molecule has 0 bridgehead atoms. The van der Waals surface area contributed by atoms with Crippen LogP contribution in [0.25, 0.3) is 11.4 Å². The molecule has 158 valence electrons. The molecule has 0 aromatic carbocycles. The highest BCUT2D eigenvalue weighted by atomic mass is 15.3. The van der Waals surface area contributed by atoms with Gasteiger partial charge in [-0.05, 0) is 86.7 Å². The van der Waals surface area contributed by atoms with Crippen LogP contribution in [-0.2, 0) is 7.05 Å². The molecule has 2 aliphatic rings. The molecule has 1 atom stereocenters. The van der Waals surface area contributed by atoms with Crippen LogP contribution in [0.4, 0.5) is 5.82 Å². The third-order valence-corrected chi connectivity index (χ3v) is 6.95. The molecule has 1 saturated carbocycles. The van der Waals surface area contributed by atoms with Gasteiger partial charge in [0.05, 0.1) is 11.9 Å². The predicted octanol–water partition coefficient (Wildman–Crippen LogP) is 4.14. The molecule has 2 aromatic heterocycles. The highest BCUT2D eigenvalue weighted by Crippen LogP contribution is 2.59. The van der Waals surface area contributed by atoms with Gasteiger partial charge in [-0.3, -0.25) is 4.68 Å². The number of piperidine rings is 1. The van der Waals surface area contributed by atoms with Crippen molar-refractivity contribution in [2.75, 3.05) is 31.5 Å². The molecule has 1 N–H and O–H groups in total. The van der Waals surface area contributed by atoms with Crippen molar-refractivity contribution in [1.29, 1.82) is 0 Å². The van der Waals surface area contributed by atoms with Crippen molar-refractivity contribution >= 4 is 5.82 Å². The molecular formula is C23H36N6. The predicted molar refractivity (Wildman–Crippen MR) is 118 cm³/mol. The summed E-state index contributed by atoms with van der Waals surface area (Å²) in [5.74, 6) is 1.66. The number of aryl methyl sites for hydroxylation is 2. The lowest BCUT2D eigenvalue weighted by molar-refractivity contribution is 0.147. The minimum Gasteiger partial charge on any atom is -0.368 e.